The number of carbonyl (C=O) groups excluding carboxylic acids is 2. The molecule has 0 aliphatic carbocycles. The van der Waals surface area contributed by atoms with Gasteiger partial charge in [0.25, 0.3) is 5.91 Å². The van der Waals surface area contributed by atoms with Crippen LogP contribution >= 0.6 is 0 Å². The highest BCUT2D eigenvalue weighted by Gasteiger charge is 2.12. The summed E-state index contributed by atoms with van der Waals surface area (Å²) in [7, 11) is 0. The van der Waals surface area contributed by atoms with Gasteiger partial charge in [0, 0.05) is 11.9 Å². The number of aromatic nitrogens is 2. The van der Waals surface area contributed by atoms with Crippen molar-refractivity contribution in [1.82, 2.24) is 9.97 Å². The van der Waals surface area contributed by atoms with E-state index in [4.69, 9.17) is 4.74 Å². The first-order valence-electron chi connectivity index (χ1n) is 7.90. The van der Waals surface area contributed by atoms with E-state index in [0.29, 0.717) is 34.9 Å². The van der Waals surface area contributed by atoms with Gasteiger partial charge >= 0.3 is 5.97 Å². The van der Waals surface area contributed by atoms with Crippen molar-refractivity contribution in [2.45, 2.75) is 33.6 Å². The number of hydrogen-bond acceptors (Lipinski definition) is 5. The van der Waals surface area contributed by atoms with Gasteiger partial charge in [0.05, 0.1) is 23.4 Å². The molecule has 1 N–H and O–H groups in total. The SMILES string of the molecule is CCCCOC(=O)c1ccc(NC(=O)c2cnc(C)nc2C)cc1. The van der Waals surface area contributed by atoms with Gasteiger partial charge in [0.2, 0.25) is 0 Å². The van der Waals surface area contributed by atoms with E-state index >= 15 is 0 Å². The van der Waals surface area contributed by atoms with E-state index in [2.05, 4.69) is 15.3 Å². The molecular formula is C18H21N3O3. The third-order valence-electron chi connectivity index (χ3n) is 3.45. The van der Waals surface area contributed by atoms with Crippen molar-refractivity contribution in [3.05, 3.63) is 53.1 Å². The summed E-state index contributed by atoms with van der Waals surface area (Å²) < 4.78 is 5.14. The zero-order valence-corrected chi connectivity index (χ0v) is 14.1. The molecule has 126 valence electrons. The Hall–Kier alpha value is -2.76. The lowest BCUT2D eigenvalue weighted by molar-refractivity contribution is 0.0499. The van der Waals surface area contributed by atoms with Gasteiger partial charge in [0.15, 0.2) is 0 Å². The fraction of sp³-hybridized carbons (Fsp3) is 0.333. The van der Waals surface area contributed by atoms with E-state index < -0.39 is 0 Å². The Morgan fingerprint density at radius 3 is 2.50 bits per heavy atom. The molecule has 0 unspecified atom stereocenters. The molecule has 0 atom stereocenters. The second-order valence-electron chi connectivity index (χ2n) is 5.44. The van der Waals surface area contributed by atoms with Gasteiger partial charge in [-0.05, 0) is 44.5 Å². The van der Waals surface area contributed by atoms with Gasteiger partial charge in [-0.1, -0.05) is 13.3 Å². The van der Waals surface area contributed by atoms with Crippen LogP contribution in [0.1, 0.15) is 52.0 Å². The Morgan fingerprint density at radius 1 is 1.17 bits per heavy atom. The molecule has 0 aliphatic rings. The number of esters is 1. The number of benzene rings is 1. The van der Waals surface area contributed by atoms with Crippen molar-refractivity contribution in [3.8, 4) is 0 Å². The van der Waals surface area contributed by atoms with Gasteiger partial charge in [-0.15, -0.1) is 0 Å². The number of hydrogen-bond donors (Lipinski definition) is 1. The molecule has 2 rings (SSSR count). The van der Waals surface area contributed by atoms with Gasteiger partial charge in [0.1, 0.15) is 5.82 Å². The number of ether oxygens (including phenoxy) is 1. The van der Waals surface area contributed by atoms with Crippen molar-refractivity contribution in [2.75, 3.05) is 11.9 Å². The summed E-state index contributed by atoms with van der Waals surface area (Å²) in [5.74, 6) is -0.0233. The number of nitrogens with zero attached hydrogens (tertiary/aromatic N) is 2. The fourth-order valence-electron chi connectivity index (χ4n) is 2.09. The predicted octanol–water partition coefficient (Wildman–Crippen LogP) is 3.30. The van der Waals surface area contributed by atoms with Gasteiger partial charge in [-0.2, -0.15) is 0 Å². The molecule has 0 bridgehead atoms. The average molecular weight is 327 g/mol. The van der Waals surface area contributed by atoms with Crippen LogP contribution in [-0.2, 0) is 4.74 Å². The Kier molecular flexibility index (Phi) is 6.01. The Morgan fingerprint density at radius 2 is 1.88 bits per heavy atom. The highest BCUT2D eigenvalue weighted by atomic mass is 16.5. The summed E-state index contributed by atoms with van der Waals surface area (Å²) >= 11 is 0. The summed E-state index contributed by atoms with van der Waals surface area (Å²) in [5.41, 5.74) is 2.09. The molecule has 6 nitrogen and oxygen atoms in total. The molecule has 0 radical (unpaired) electrons. The number of rotatable bonds is 6. The molecule has 0 fully saturated rings. The maximum atomic E-state index is 12.3. The lowest BCUT2D eigenvalue weighted by Crippen LogP contribution is -2.15. The zero-order valence-electron chi connectivity index (χ0n) is 14.1. The highest BCUT2D eigenvalue weighted by Crippen LogP contribution is 2.13. The molecule has 0 spiro atoms. The van der Waals surface area contributed by atoms with Crippen molar-refractivity contribution < 1.29 is 14.3 Å². The summed E-state index contributed by atoms with van der Waals surface area (Å²) in [5, 5.41) is 2.77. The maximum Gasteiger partial charge on any atom is 0.338 e. The first kappa shape index (κ1) is 17.6. The number of anilines is 1. The molecule has 1 aromatic heterocycles. The minimum Gasteiger partial charge on any atom is -0.462 e. The molecule has 1 amide bonds. The average Bonchev–Trinajstić information content (AvgIpc) is 2.55. The quantitative estimate of drug-likeness (QED) is 0.650. The third kappa shape index (κ3) is 4.62. The van der Waals surface area contributed by atoms with E-state index in [-0.39, 0.29) is 11.9 Å². The van der Waals surface area contributed by atoms with E-state index in [1.54, 1.807) is 38.1 Å². The number of nitrogens with one attached hydrogen (secondary N) is 1. The maximum absolute atomic E-state index is 12.3. The van der Waals surface area contributed by atoms with Crippen molar-refractivity contribution >= 4 is 17.6 Å². The second kappa shape index (κ2) is 8.19. The van der Waals surface area contributed by atoms with Crippen LogP contribution < -0.4 is 5.32 Å². The minimum absolute atomic E-state index is 0.286. The molecule has 6 heteroatoms. The molecule has 0 saturated carbocycles. The number of carbonyl (C=O) groups is 2. The smallest absolute Gasteiger partial charge is 0.338 e. The topological polar surface area (TPSA) is 81.2 Å². The highest BCUT2D eigenvalue weighted by molar-refractivity contribution is 6.05. The van der Waals surface area contributed by atoms with E-state index in [9.17, 15) is 9.59 Å². The zero-order chi connectivity index (χ0) is 17.5. The molecule has 1 heterocycles. The first-order valence-corrected chi connectivity index (χ1v) is 7.90. The van der Waals surface area contributed by atoms with Gasteiger partial charge < -0.3 is 10.1 Å². The van der Waals surface area contributed by atoms with Crippen molar-refractivity contribution in [2.24, 2.45) is 0 Å². The summed E-state index contributed by atoms with van der Waals surface area (Å²) in [4.78, 5) is 32.3. The van der Waals surface area contributed by atoms with E-state index in [0.717, 1.165) is 12.8 Å². The number of aryl methyl sites for hydroxylation is 2. The lowest BCUT2D eigenvalue weighted by Gasteiger charge is -2.08. The van der Waals surface area contributed by atoms with Crippen LogP contribution in [0.3, 0.4) is 0 Å². The van der Waals surface area contributed by atoms with Crippen LogP contribution in [0.2, 0.25) is 0 Å². The molecule has 0 saturated heterocycles. The number of unbranched alkanes of at least 4 members (excludes halogenated alkanes) is 1. The molecule has 2 aromatic rings. The summed E-state index contributed by atoms with van der Waals surface area (Å²) in [6.45, 7) is 5.98. The van der Waals surface area contributed by atoms with Crippen LogP contribution in [0.25, 0.3) is 0 Å². The van der Waals surface area contributed by atoms with Crippen molar-refractivity contribution in [3.63, 3.8) is 0 Å². The molecule has 1 aromatic carbocycles. The predicted molar refractivity (Wildman–Crippen MR) is 91.1 cm³/mol. The Labute approximate surface area is 141 Å². The largest absolute Gasteiger partial charge is 0.462 e. The van der Waals surface area contributed by atoms with Crippen LogP contribution in [0, 0.1) is 13.8 Å². The monoisotopic (exact) mass is 327 g/mol. The standard InChI is InChI=1S/C18H21N3O3/c1-4-5-10-24-18(23)14-6-8-15(9-7-14)21-17(22)16-11-19-13(3)20-12(16)2/h6-9,11H,4-5,10H2,1-3H3,(H,21,22). The van der Waals surface area contributed by atoms with Crippen molar-refractivity contribution in [1.29, 1.82) is 0 Å². The Bertz CT molecular complexity index is 727. The van der Waals surface area contributed by atoms with Crippen LogP contribution in [0.4, 0.5) is 5.69 Å². The third-order valence-corrected chi connectivity index (χ3v) is 3.45. The minimum atomic E-state index is -0.357. The number of amides is 1. The van der Waals surface area contributed by atoms with Gasteiger partial charge in [-0.3, -0.25) is 4.79 Å². The van der Waals surface area contributed by atoms with Crippen LogP contribution in [-0.4, -0.2) is 28.5 Å². The normalized spacial score (nSPS) is 10.3. The molecule has 0 aliphatic heterocycles. The molecule has 24 heavy (non-hydrogen) atoms. The van der Waals surface area contributed by atoms with E-state index in [1.807, 2.05) is 6.92 Å². The van der Waals surface area contributed by atoms with Crippen LogP contribution in [0.5, 0.6) is 0 Å². The van der Waals surface area contributed by atoms with E-state index in [1.165, 1.54) is 6.20 Å². The van der Waals surface area contributed by atoms with Gasteiger partial charge in [-0.25, -0.2) is 14.8 Å². The lowest BCUT2D eigenvalue weighted by atomic mass is 10.2. The van der Waals surface area contributed by atoms with Crippen LogP contribution in [0.15, 0.2) is 30.5 Å². The summed E-state index contributed by atoms with van der Waals surface area (Å²) in [6.07, 6.45) is 3.32. The first-order chi connectivity index (χ1) is 11.5. The molecular weight excluding hydrogens is 306 g/mol. The summed E-state index contributed by atoms with van der Waals surface area (Å²) in [6, 6.07) is 6.59. The Balaban J connectivity index is 2.00. The fourth-order valence-corrected chi connectivity index (χ4v) is 2.09. The second-order valence-corrected chi connectivity index (χ2v) is 5.44.